The number of esters is 1. The summed E-state index contributed by atoms with van der Waals surface area (Å²) in [6.45, 7) is 0.924. The maximum absolute atomic E-state index is 13.3. The number of hydrogen-bond donors (Lipinski definition) is 2. The number of anilines is 2. The van der Waals surface area contributed by atoms with E-state index in [2.05, 4.69) is 4.74 Å². The number of hydrogen-bond acceptors (Lipinski definition) is 7. The van der Waals surface area contributed by atoms with Crippen LogP contribution in [0.25, 0.3) is 0 Å². The molecule has 7 nitrogen and oxygen atoms in total. The van der Waals surface area contributed by atoms with Crippen LogP contribution in [0.1, 0.15) is 15.9 Å². The smallest absolute Gasteiger partial charge is 0.418 e. The topological polar surface area (TPSA) is 82.5 Å². The number of carbonyl (C=O) groups is 1. The van der Waals surface area contributed by atoms with E-state index in [1.165, 1.54) is 4.90 Å². The Balaban J connectivity index is 2.63. The molecule has 2 N–H and O–H groups in total. The molecule has 1 aliphatic heterocycles. The lowest BCUT2D eigenvalue weighted by atomic mass is 10.0. The van der Waals surface area contributed by atoms with Crippen LogP contribution in [0.3, 0.4) is 0 Å². The van der Waals surface area contributed by atoms with Crippen LogP contribution in [0.2, 0.25) is 0 Å². The van der Waals surface area contributed by atoms with E-state index in [1.807, 2.05) is 0 Å². The van der Waals surface area contributed by atoms with Crippen molar-refractivity contribution in [3.63, 3.8) is 0 Å². The van der Waals surface area contributed by atoms with E-state index in [0.29, 0.717) is 6.07 Å². The Morgan fingerprint density at radius 3 is 2.39 bits per heavy atom. The molecule has 23 heavy (non-hydrogen) atoms. The number of halogens is 3. The van der Waals surface area contributed by atoms with Gasteiger partial charge in [-0.1, -0.05) is 0 Å². The molecule has 0 amide bonds. The normalized spacial score (nSPS) is 15.5. The second kappa shape index (κ2) is 6.60. The van der Waals surface area contributed by atoms with Crippen molar-refractivity contribution in [2.45, 2.75) is 6.18 Å². The van der Waals surface area contributed by atoms with Crippen molar-refractivity contribution in [2.24, 2.45) is 0 Å². The SMILES string of the molecule is COC(=O)c1cc(N2CCOCC2)c(C(F)(F)F)cc1N(O)O. The highest BCUT2D eigenvalue weighted by Crippen LogP contribution is 2.40. The minimum atomic E-state index is -4.74. The second-order valence-electron chi connectivity index (χ2n) is 4.76. The summed E-state index contributed by atoms with van der Waals surface area (Å²) in [5.74, 6) is -0.990. The van der Waals surface area contributed by atoms with Gasteiger partial charge >= 0.3 is 12.1 Å². The van der Waals surface area contributed by atoms with Crippen molar-refractivity contribution in [3.8, 4) is 0 Å². The van der Waals surface area contributed by atoms with Gasteiger partial charge in [-0.2, -0.15) is 13.2 Å². The summed E-state index contributed by atoms with van der Waals surface area (Å²) in [7, 11) is 1.04. The van der Waals surface area contributed by atoms with E-state index < -0.39 is 34.2 Å². The van der Waals surface area contributed by atoms with Crippen molar-refractivity contribution in [1.29, 1.82) is 0 Å². The zero-order valence-corrected chi connectivity index (χ0v) is 12.1. The first-order valence-electron chi connectivity index (χ1n) is 6.60. The number of morpholine rings is 1. The fourth-order valence-electron chi connectivity index (χ4n) is 2.31. The lowest BCUT2D eigenvalue weighted by molar-refractivity contribution is -0.137. The molecule has 1 heterocycles. The average molecular weight is 336 g/mol. The Morgan fingerprint density at radius 2 is 1.91 bits per heavy atom. The molecule has 0 atom stereocenters. The van der Waals surface area contributed by atoms with Crippen molar-refractivity contribution in [3.05, 3.63) is 23.3 Å². The van der Waals surface area contributed by atoms with Crippen LogP contribution in [-0.2, 0) is 15.7 Å². The Hall–Kier alpha value is -2.04. The van der Waals surface area contributed by atoms with Crippen LogP contribution in [0.4, 0.5) is 24.5 Å². The molecule has 10 heteroatoms. The minimum Gasteiger partial charge on any atom is -0.465 e. The molecule has 1 aromatic rings. The number of rotatable bonds is 3. The first-order chi connectivity index (χ1) is 10.8. The summed E-state index contributed by atoms with van der Waals surface area (Å²) >= 11 is 0. The van der Waals surface area contributed by atoms with Crippen LogP contribution < -0.4 is 10.1 Å². The lowest BCUT2D eigenvalue weighted by Crippen LogP contribution is -2.37. The molecule has 0 aliphatic carbocycles. The predicted octanol–water partition coefficient (Wildman–Crippen LogP) is 1.91. The van der Waals surface area contributed by atoms with Crippen molar-refractivity contribution in [1.82, 2.24) is 0 Å². The zero-order chi connectivity index (χ0) is 17.2. The third-order valence-corrected chi connectivity index (χ3v) is 3.39. The maximum atomic E-state index is 13.3. The largest absolute Gasteiger partial charge is 0.465 e. The number of methoxy groups -OCH3 is 1. The monoisotopic (exact) mass is 336 g/mol. The minimum absolute atomic E-state index is 0.213. The summed E-state index contributed by atoms with van der Waals surface area (Å²) in [4.78, 5) is 13.2. The molecule has 2 rings (SSSR count). The van der Waals surface area contributed by atoms with Gasteiger partial charge in [0, 0.05) is 13.1 Å². The zero-order valence-electron chi connectivity index (χ0n) is 12.1. The highest BCUT2D eigenvalue weighted by atomic mass is 19.4. The summed E-state index contributed by atoms with van der Waals surface area (Å²) < 4.78 is 49.5. The molecule has 1 fully saturated rings. The van der Waals surface area contributed by atoms with Crippen molar-refractivity contribution in [2.75, 3.05) is 43.5 Å². The molecule has 0 aromatic heterocycles. The van der Waals surface area contributed by atoms with Crippen LogP contribution in [0, 0.1) is 0 Å². The van der Waals surface area contributed by atoms with Gasteiger partial charge in [-0.3, -0.25) is 10.4 Å². The van der Waals surface area contributed by atoms with Gasteiger partial charge in [0.05, 0.1) is 37.1 Å². The van der Waals surface area contributed by atoms with E-state index in [9.17, 15) is 18.0 Å². The van der Waals surface area contributed by atoms with Gasteiger partial charge in [0.25, 0.3) is 0 Å². The summed E-state index contributed by atoms with van der Waals surface area (Å²) in [6, 6.07) is 1.44. The fraction of sp³-hybridized carbons (Fsp3) is 0.462. The third-order valence-electron chi connectivity index (χ3n) is 3.39. The quantitative estimate of drug-likeness (QED) is 0.644. The van der Waals surface area contributed by atoms with Crippen LogP contribution in [0.5, 0.6) is 0 Å². The van der Waals surface area contributed by atoms with E-state index >= 15 is 0 Å². The van der Waals surface area contributed by atoms with Crippen LogP contribution in [0.15, 0.2) is 12.1 Å². The average Bonchev–Trinajstić information content (AvgIpc) is 2.52. The van der Waals surface area contributed by atoms with E-state index in [0.717, 1.165) is 13.2 Å². The van der Waals surface area contributed by atoms with Crippen LogP contribution >= 0.6 is 0 Å². The number of benzene rings is 1. The van der Waals surface area contributed by atoms with Gasteiger partial charge < -0.3 is 14.4 Å². The molecule has 0 saturated carbocycles. The highest BCUT2D eigenvalue weighted by molar-refractivity contribution is 5.97. The first kappa shape index (κ1) is 17.3. The molecule has 0 radical (unpaired) electrons. The van der Waals surface area contributed by atoms with E-state index in [-0.39, 0.29) is 32.0 Å². The van der Waals surface area contributed by atoms with Crippen LogP contribution in [-0.4, -0.2) is 49.8 Å². The molecule has 1 aromatic carbocycles. The standard InChI is InChI=1S/C13H15F3N2O5/c1-22-12(19)8-6-11(17-2-4-23-5-3-17)9(13(14,15)16)7-10(8)18(20)21/h6-7,20-21H,2-5H2,1H3. The highest BCUT2D eigenvalue weighted by Gasteiger charge is 2.37. The second-order valence-corrected chi connectivity index (χ2v) is 4.76. The Bertz CT molecular complexity index is 586. The third kappa shape index (κ3) is 3.66. The van der Waals surface area contributed by atoms with Gasteiger partial charge in [0.2, 0.25) is 0 Å². The van der Waals surface area contributed by atoms with Gasteiger partial charge in [-0.25, -0.2) is 4.79 Å². The fourth-order valence-corrected chi connectivity index (χ4v) is 2.31. The van der Waals surface area contributed by atoms with Crippen molar-refractivity contribution < 1.29 is 37.9 Å². The maximum Gasteiger partial charge on any atom is 0.418 e. The number of alkyl halides is 3. The van der Waals surface area contributed by atoms with Gasteiger partial charge in [0.1, 0.15) is 5.69 Å². The molecule has 1 aliphatic rings. The van der Waals surface area contributed by atoms with Gasteiger partial charge in [-0.15, -0.1) is 5.23 Å². The number of nitrogens with zero attached hydrogens (tertiary/aromatic N) is 2. The first-order valence-corrected chi connectivity index (χ1v) is 6.60. The summed E-state index contributed by atoms with van der Waals surface area (Å²) in [5, 5.41) is 17.7. The molecule has 128 valence electrons. The molecule has 0 unspecified atom stereocenters. The number of ether oxygens (including phenoxy) is 2. The summed E-state index contributed by atoms with van der Waals surface area (Å²) in [6.07, 6.45) is -4.74. The Kier molecular flexibility index (Phi) is 4.97. The van der Waals surface area contributed by atoms with E-state index in [1.54, 1.807) is 0 Å². The van der Waals surface area contributed by atoms with Gasteiger partial charge in [-0.05, 0) is 12.1 Å². The molecular formula is C13H15F3N2O5. The lowest BCUT2D eigenvalue weighted by Gasteiger charge is -2.32. The number of carbonyl (C=O) groups excluding carboxylic acids is 1. The molecular weight excluding hydrogens is 321 g/mol. The van der Waals surface area contributed by atoms with E-state index in [4.69, 9.17) is 15.2 Å². The molecule has 0 spiro atoms. The van der Waals surface area contributed by atoms with Crippen molar-refractivity contribution >= 4 is 17.3 Å². The summed E-state index contributed by atoms with van der Waals surface area (Å²) in [5.41, 5.74) is -2.45. The Morgan fingerprint density at radius 1 is 1.30 bits per heavy atom. The predicted molar refractivity (Wildman–Crippen MR) is 71.9 cm³/mol. The van der Waals surface area contributed by atoms with Gasteiger partial charge in [0.15, 0.2) is 0 Å². The molecule has 1 saturated heterocycles. The molecule has 0 bridgehead atoms. The Labute approximate surface area is 129 Å².